The van der Waals surface area contributed by atoms with Crippen LogP contribution in [0.4, 0.5) is 5.69 Å². The maximum Gasteiger partial charge on any atom is 0.335 e. The van der Waals surface area contributed by atoms with E-state index < -0.39 is 5.97 Å². The number of amides is 1. The molecule has 1 amide bonds. The Hall–Kier alpha value is -2.78. The Labute approximate surface area is 199 Å². The summed E-state index contributed by atoms with van der Waals surface area (Å²) >= 11 is 4.75. The number of carbonyl (C=O) groups excluding carboxylic acids is 1. The average molecular weight is 519 g/mol. The third-order valence-electron chi connectivity index (χ3n) is 4.47. The minimum absolute atomic E-state index is 0.139. The van der Waals surface area contributed by atoms with E-state index in [4.69, 9.17) is 9.47 Å². The van der Waals surface area contributed by atoms with Gasteiger partial charge in [-0.3, -0.25) is 9.69 Å². The summed E-state index contributed by atoms with van der Waals surface area (Å²) in [5, 5.41) is 9.70. The second-order valence-corrected chi connectivity index (χ2v) is 8.46. The molecule has 0 saturated carbocycles. The number of aliphatic imine (C=N–C) groups is 1. The minimum Gasteiger partial charge on any atom is -0.493 e. The molecule has 0 spiro atoms. The van der Waals surface area contributed by atoms with E-state index in [9.17, 15) is 14.7 Å². The van der Waals surface area contributed by atoms with Gasteiger partial charge in [0.2, 0.25) is 0 Å². The molecule has 1 aliphatic heterocycles. The Morgan fingerprint density at radius 3 is 2.53 bits per heavy atom. The van der Waals surface area contributed by atoms with Gasteiger partial charge in [-0.1, -0.05) is 6.07 Å². The summed E-state index contributed by atoms with van der Waals surface area (Å²) in [6.45, 7) is 7.09. The molecule has 0 radical (unpaired) electrons. The molecule has 0 unspecified atom stereocenters. The Morgan fingerprint density at radius 2 is 1.88 bits per heavy atom. The van der Waals surface area contributed by atoms with Crippen LogP contribution in [0.2, 0.25) is 0 Å². The number of thioether (sulfide) groups is 1. The zero-order valence-corrected chi connectivity index (χ0v) is 20.3. The lowest BCUT2D eigenvalue weighted by atomic mass is 10.1. The van der Waals surface area contributed by atoms with Crippen LogP contribution in [0.25, 0.3) is 6.08 Å². The molecule has 32 heavy (non-hydrogen) atoms. The number of nitrogens with zero attached hydrogens (tertiary/aromatic N) is 2. The van der Waals surface area contributed by atoms with Crippen LogP contribution >= 0.6 is 27.7 Å². The predicted octanol–water partition coefficient (Wildman–Crippen LogP) is 5.57. The number of rotatable bonds is 8. The second-order valence-electron chi connectivity index (χ2n) is 6.60. The van der Waals surface area contributed by atoms with Gasteiger partial charge in [-0.2, -0.15) is 0 Å². The van der Waals surface area contributed by atoms with E-state index in [1.165, 1.54) is 23.9 Å². The van der Waals surface area contributed by atoms with Crippen molar-refractivity contribution in [3.05, 3.63) is 56.9 Å². The van der Waals surface area contributed by atoms with Gasteiger partial charge < -0.3 is 14.6 Å². The molecular formula is C23H23BrN2O5S. The molecule has 0 aliphatic carbocycles. The summed E-state index contributed by atoms with van der Waals surface area (Å²) in [5.74, 6) is 0.0830. The minimum atomic E-state index is -1.03. The van der Waals surface area contributed by atoms with Crippen LogP contribution in [0, 0.1) is 0 Å². The highest BCUT2D eigenvalue weighted by Crippen LogP contribution is 2.38. The lowest BCUT2D eigenvalue weighted by molar-refractivity contribution is -0.122. The molecule has 2 aromatic carbocycles. The first kappa shape index (κ1) is 23.9. The van der Waals surface area contributed by atoms with Gasteiger partial charge in [0.15, 0.2) is 5.17 Å². The topological polar surface area (TPSA) is 88.4 Å². The number of aromatic carboxylic acids is 1. The molecule has 1 heterocycles. The number of likely N-dealkylation sites (N-methyl/N-ethyl adjacent to an activating group) is 1. The van der Waals surface area contributed by atoms with E-state index in [0.29, 0.717) is 47.0 Å². The van der Waals surface area contributed by atoms with E-state index in [1.807, 2.05) is 26.8 Å². The first-order chi connectivity index (χ1) is 15.4. The first-order valence-corrected chi connectivity index (χ1v) is 11.7. The van der Waals surface area contributed by atoms with Gasteiger partial charge in [-0.15, -0.1) is 0 Å². The zero-order chi connectivity index (χ0) is 23.3. The van der Waals surface area contributed by atoms with Crippen molar-refractivity contribution in [1.82, 2.24) is 4.90 Å². The fourth-order valence-corrected chi connectivity index (χ4v) is 4.57. The zero-order valence-electron chi connectivity index (χ0n) is 17.9. The Balaban J connectivity index is 1.99. The van der Waals surface area contributed by atoms with Crippen molar-refractivity contribution in [2.45, 2.75) is 20.8 Å². The molecular weight excluding hydrogens is 496 g/mol. The van der Waals surface area contributed by atoms with E-state index in [1.54, 1.807) is 29.2 Å². The molecule has 3 rings (SSSR count). The van der Waals surface area contributed by atoms with Crippen LogP contribution in [0.15, 0.2) is 50.8 Å². The first-order valence-electron chi connectivity index (χ1n) is 10.1. The van der Waals surface area contributed by atoms with Crippen molar-refractivity contribution in [1.29, 1.82) is 0 Å². The van der Waals surface area contributed by atoms with E-state index in [-0.39, 0.29) is 11.5 Å². The predicted molar refractivity (Wildman–Crippen MR) is 130 cm³/mol. The maximum absolute atomic E-state index is 13.0. The molecule has 0 bridgehead atoms. The quantitative estimate of drug-likeness (QED) is 0.459. The van der Waals surface area contributed by atoms with Gasteiger partial charge >= 0.3 is 5.97 Å². The highest BCUT2D eigenvalue weighted by molar-refractivity contribution is 9.10. The number of halogens is 1. The average Bonchev–Trinajstić information content (AvgIpc) is 3.05. The van der Waals surface area contributed by atoms with Crippen LogP contribution in [-0.4, -0.2) is 46.8 Å². The third kappa shape index (κ3) is 5.34. The van der Waals surface area contributed by atoms with Crippen molar-refractivity contribution < 1.29 is 24.2 Å². The maximum atomic E-state index is 13.0. The summed E-state index contributed by atoms with van der Waals surface area (Å²) in [4.78, 5) is 30.9. The third-order valence-corrected chi connectivity index (χ3v) is 6.10. The van der Waals surface area contributed by atoms with Crippen molar-refractivity contribution in [3.8, 4) is 11.5 Å². The monoisotopic (exact) mass is 518 g/mol. The van der Waals surface area contributed by atoms with Crippen LogP contribution < -0.4 is 9.47 Å². The van der Waals surface area contributed by atoms with E-state index >= 15 is 0 Å². The number of hydrogen-bond acceptors (Lipinski definition) is 6. The second kappa shape index (κ2) is 10.7. The molecule has 0 aromatic heterocycles. The fourth-order valence-electron chi connectivity index (χ4n) is 3.04. The smallest absolute Gasteiger partial charge is 0.335 e. The lowest BCUT2D eigenvalue weighted by Gasteiger charge is -2.13. The fraction of sp³-hybridized carbons (Fsp3) is 0.261. The van der Waals surface area contributed by atoms with Gasteiger partial charge in [-0.25, -0.2) is 9.79 Å². The summed E-state index contributed by atoms with van der Waals surface area (Å²) in [6.07, 6.45) is 1.78. The Morgan fingerprint density at radius 1 is 1.16 bits per heavy atom. The molecule has 1 fully saturated rings. The van der Waals surface area contributed by atoms with Gasteiger partial charge in [0, 0.05) is 18.2 Å². The number of ether oxygens (including phenoxy) is 2. The van der Waals surface area contributed by atoms with Gasteiger partial charge in [-0.05, 0) is 78.8 Å². The highest BCUT2D eigenvalue weighted by atomic mass is 79.9. The van der Waals surface area contributed by atoms with Crippen LogP contribution in [0.3, 0.4) is 0 Å². The molecule has 7 nitrogen and oxygen atoms in total. The van der Waals surface area contributed by atoms with Gasteiger partial charge in [0.25, 0.3) is 5.91 Å². The summed E-state index contributed by atoms with van der Waals surface area (Å²) in [5.41, 5.74) is 1.35. The summed E-state index contributed by atoms with van der Waals surface area (Å²) in [6, 6.07) is 9.98. The number of hydrogen-bond donors (Lipinski definition) is 1. The molecule has 1 aliphatic rings. The standard InChI is InChI=1S/C23H23BrN2O5S/c1-4-26-21(27)20(32-23(26)25-16-9-7-8-14(10-16)22(28)29)12-15-11-17(24)19(31-6-3)13-18(15)30-5-2/h7-13H,4-6H2,1-3H3,(H,28,29). The van der Waals surface area contributed by atoms with Crippen molar-refractivity contribution in [3.63, 3.8) is 0 Å². The Bertz CT molecular complexity index is 1100. The SMILES string of the molecule is CCOc1cc(OCC)c(C=C2SC(=Nc3cccc(C(=O)O)c3)N(CC)C2=O)cc1Br. The molecule has 0 atom stereocenters. The van der Waals surface area contributed by atoms with Crippen molar-refractivity contribution >= 4 is 56.5 Å². The molecule has 9 heteroatoms. The summed E-state index contributed by atoms with van der Waals surface area (Å²) in [7, 11) is 0. The van der Waals surface area contributed by atoms with Crippen LogP contribution in [-0.2, 0) is 4.79 Å². The Kier molecular flexibility index (Phi) is 7.98. The van der Waals surface area contributed by atoms with Crippen molar-refractivity contribution in [2.24, 2.45) is 4.99 Å². The highest BCUT2D eigenvalue weighted by Gasteiger charge is 2.32. The molecule has 1 N–H and O–H groups in total. The number of carboxylic acid groups (broad SMARTS) is 1. The van der Waals surface area contributed by atoms with E-state index in [2.05, 4.69) is 20.9 Å². The number of carboxylic acids is 1. The van der Waals surface area contributed by atoms with E-state index in [0.717, 1.165) is 10.0 Å². The molecule has 2 aromatic rings. The van der Waals surface area contributed by atoms with Crippen molar-refractivity contribution in [2.75, 3.05) is 19.8 Å². The van der Waals surface area contributed by atoms with Crippen LogP contribution in [0.1, 0.15) is 36.7 Å². The normalized spacial score (nSPS) is 16.1. The molecule has 1 saturated heterocycles. The summed E-state index contributed by atoms with van der Waals surface area (Å²) < 4.78 is 12.2. The van der Waals surface area contributed by atoms with Gasteiger partial charge in [0.1, 0.15) is 11.5 Å². The number of amidine groups is 1. The van der Waals surface area contributed by atoms with Gasteiger partial charge in [0.05, 0.1) is 33.8 Å². The molecule has 168 valence electrons. The largest absolute Gasteiger partial charge is 0.493 e. The van der Waals surface area contributed by atoms with Crippen LogP contribution in [0.5, 0.6) is 11.5 Å². The lowest BCUT2D eigenvalue weighted by Crippen LogP contribution is -2.28. The number of benzene rings is 2. The number of carbonyl (C=O) groups is 2.